The number of methoxy groups -OCH3 is 1. The standard InChI is InChI=1S/C21H26N4O2/c1-27-20-10-6-5-9-19(20)22-15-21(26)24-23-18-11-13-25(14-12-18)16-17-7-3-2-4-8-17/h2-11,22-23H,12-16H2,1H3,(H,24,26). The molecule has 0 atom stereocenters. The number of nitrogens with zero attached hydrogens (tertiary/aromatic N) is 1. The Morgan fingerprint density at radius 1 is 1.11 bits per heavy atom. The van der Waals surface area contributed by atoms with E-state index >= 15 is 0 Å². The van der Waals surface area contributed by atoms with Gasteiger partial charge in [-0.1, -0.05) is 42.5 Å². The predicted molar refractivity (Wildman–Crippen MR) is 107 cm³/mol. The molecule has 0 fully saturated rings. The van der Waals surface area contributed by atoms with Gasteiger partial charge in [0.05, 0.1) is 19.3 Å². The molecular formula is C21H26N4O2. The highest BCUT2D eigenvalue weighted by atomic mass is 16.5. The summed E-state index contributed by atoms with van der Waals surface area (Å²) < 4.78 is 5.26. The molecule has 0 aromatic heterocycles. The zero-order valence-corrected chi connectivity index (χ0v) is 15.6. The number of rotatable bonds is 8. The second-order valence-electron chi connectivity index (χ2n) is 6.43. The molecule has 142 valence electrons. The van der Waals surface area contributed by atoms with Gasteiger partial charge in [-0.2, -0.15) is 0 Å². The second-order valence-corrected chi connectivity index (χ2v) is 6.43. The SMILES string of the molecule is COc1ccccc1NCC(=O)NNC1=CCN(Cc2ccccc2)CC1. The van der Waals surface area contributed by atoms with Crippen LogP contribution in [0.5, 0.6) is 5.75 Å². The number of ether oxygens (including phenoxy) is 1. The van der Waals surface area contributed by atoms with Crippen LogP contribution in [0.1, 0.15) is 12.0 Å². The van der Waals surface area contributed by atoms with Crippen LogP contribution in [0.3, 0.4) is 0 Å². The first kappa shape index (κ1) is 18.8. The zero-order valence-electron chi connectivity index (χ0n) is 15.6. The molecule has 2 aromatic carbocycles. The van der Waals surface area contributed by atoms with Gasteiger partial charge in [0.2, 0.25) is 0 Å². The maximum Gasteiger partial charge on any atom is 0.257 e. The van der Waals surface area contributed by atoms with Crippen molar-refractivity contribution in [2.45, 2.75) is 13.0 Å². The minimum absolute atomic E-state index is 0.131. The van der Waals surface area contributed by atoms with E-state index in [-0.39, 0.29) is 12.5 Å². The van der Waals surface area contributed by atoms with E-state index in [0.29, 0.717) is 5.75 Å². The fourth-order valence-electron chi connectivity index (χ4n) is 2.97. The van der Waals surface area contributed by atoms with Gasteiger partial charge in [0.1, 0.15) is 5.75 Å². The molecule has 1 aliphatic rings. The third-order valence-electron chi connectivity index (χ3n) is 4.45. The lowest BCUT2D eigenvalue weighted by Crippen LogP contribution is -2.42. The fourth-order valence-corrected chi connectivity index (χ4v) is 2.97. The Morgan fingerprint density at radius 2 is 1.89 bits per heavy atom. The molecule has 6 heteroatoms. The van der Waals surface area contributed by atoms with Crippen molar-refractivity contribution >= 4 is 11.6 Å². The fraction of sp³-hybridized carbons (Fsp3) is 0.286. The van der Waals surface area contributed by atoms with Crippen molar-refractivity contribution in [3.05, 3.63) is 71.9 Å². The van der Waals surface area contributed by atoms with Crippen LogP contribution < -0.4 is 20.9 Å². The number of nitrogens with one attached hydrogen (secondary N) is 3. The number of carbonyl (C=O) groups is 1. The highest BCUT2D eigenvalue weighted by molar-refractivity contribution is 5.81. The summed E-state index contributed by atoms with van der Waals surface area (Å²) >= 11 is 0. The Labute approximate surface area is 160 Å². The van der Waals surface area contributed by atoms with E-state index in [4.69, 9.17) is 4.74 Å². The summed E-state index contributed by atoms with van der Waals surface area (Å²) in [6.45, 7) is 2.94. The number of hydrogen-bond acceptors (Lipinski definition) is 5. The normalized spacial score (nSPS) is 14.2. The molecule has 27 heavy (non-hydrogen) atoms. The van der Waals surface area contributed by atoms with E-state index in [9.17, 15) is 4.79 Å². The Bertz CT molecular complexity index is 777. The van der Waals surface area contributed by atoms with Gasteiger partial charge in [0, 0.05) is 31.8 Å². The zero-order chi connectivity index (χ0) is 18.9. The molecular weight excluding hydrogens is 340 g/mol. The first-order chi connectivity index (χ1) is 13.2. The van der Waals surface area contributed by atoms with Gasteiger partial charge in [0.15, 0.2) is 0 Å². The third-order valence-corrected chi connectivity index (χ3v) is 4.45. The summed E-state index contributed by atoms with van der Waals surface area (Å²) in [4.78, 5) is 14.4. The van der Waals surface area contributed by atoms with E-state index in [1.165, 1.54) is 5.56 Å². The van der Waals surface area contributed by atoms with Gasteiger partial charge in [-0.25, -0.2) is 0 Å². The lowest BCUT2D eigenvalue weighted by atomic mass is 10.1. The Hall–Kier alpha value is -2.99. The van der Waals surface area contributed by atoms with Gasteiger partial charge in [0.25, 0.3) is 5.91 Å². The van der Waals surface area contributed by atoms with Crippen molar-refractivity contribution in [2.75, 3.05) is 32.1 Å². The summed E-state index contributed by atoms with van der Waals surface area (Å²) in [5, 5.41) is 3.08. The molecule has 6 nitrogen and oxygen atoms in total. The lowest BCUT2D eigenvalue weighted by molar-refractivity contribution is -0.120. The van der Waals surface area contributed by atoms with Crippen LogP contribution in [0.2, 0.25) is 0 Å². The maximum absolute atomic E-state index is 12.0. The van der Waals surface area contributed by atoms with Crippen LogP contribution in [0.4, 0.5) is 5.69 Å². The Balaban J connectivity index is 1.39. The molecule has 0 spiro atoms. The first-order valence-corrected chi connectivity index (χ1v) is 9.11. The van der Waals surface area contributed by atoms with Crippen LogP contribution in [-0.4, -0.2) is 37.6 Å². The molecule has 0 bridgehead atoms. The van der Waals surface area contributed by atoms with Gasteiger partial charge >= 0.3 is 0 Å². The molecule has 0 aliphatic carbocycles. The van der Waals surface area contributed by atoms with Crippen molar-refractivity contribution < 1.29 is 9.53 Å². The topological polar surface area (TPSA) is 65.6 Å². The quantitative estimate of drug-likeness (QED) is 0.627. The molecule has 0 saturated heterocycles. The predicted octanol–water partition coefficient (Wildman–Crippen LogP) is 2.52. The third kappa shape index (κ3) is 5.76. The molecule has 0 unspecified atom stereocenters. The van der Waals surface area contributed by atoms with Crippen LogP contribution in [0.15, 0.2) is 66.4 Å². The molecule has 3 N–H and O–H groups in total. The first-order valence-electron chi connectivity index (χ1n) is 9.11. The minimum atomic E-state index is -0.131. The van der Waals surface area contributed by atoms with Crippen LogP contribution >= 0.6 is 0 Å². The number of hydrogen-bond donors (Lipinski definition) is 3. The monoisotopic (exact) mass is 366 g/mol. The van der Waals surface area contributed by atoms with E-state index in [1.54, 1.807) is 7.11 Å². The highest BCUT2D eigenvalue weighted by Crippen LogP contribution is 2.22. The summed E-state index contributed by atoms with van der Waals surface area (Å²) in [6, 6.07) is 18.0. The van der Waals surface area contributed by atoms with Crippen molar-refractivity contribution in [3.63, 3.8) is 0 Å². The number of hydrazine groups is 1. The average Bonchev–Trinajstić information content (AvgIpc) is 2.72. The van der Waals surface area contributed by atoms with Crippen LogP contribution in [-0.2, 0) is 11.3 Å². The minimum Gasteiger partial charge on any atom is -0.495 e. The molecule has 3 rings (SSSR count). The summed E-state index contributed by atoms with van der Waals surface area (Å²) in [5.41, 5.74) is 8.94. The van der Waals surface area contributed by atoms with Gasteiger partial charge in [-0.3, -0.25) is 15.1 Å². The van der Waals surface area contributed by atoms with Crippen LogP contribution in [0, 0.1) is 0 Å². The smallest absolute Gasteiger partial charge is 0.257 e. The van der Waals surface area contributed by atoms with Crippen molar-refractivity contribution in [3.8, 4) is 5.75 Å². The number of amides is 1. The summed E-state index contributed by atoms with van der Waals surface area (Å²) in [7, 11) is 1.61. The molecule has 1 aliphatic heterocycles. The van der Waals surface area contributed by atoms with Crippen molar-refractivity contribution in [2.24, 2.45) is 0 Å². The average molecular weight is 366 g/mol. The Kier molecular flexibility index (Phi) is 6.71. The second kappa shape index (κ2) is 9.64. The number of para-hydroxylation sites is 2. The lowest BCUT2D eigenvalue weighted by Gasteiger charge is -2.26. The number of carbonyl (C=O) groups excluding carboxylic acids is 1. The largest absolute Gasteiger partial charge is 0.495 e. The van der Waals surface area contributed by atoms with Crippen molar-refractivity contribution in [1.29, 1.82) is 0 Å². The molecule has 0 saturated carbocycles. The van der Waals surface area contributed by atoms with Crippen molar-refractivity contribution in [1.82, 2.24) is 15.8 Å². The number of anilines is 1. The van der Waals surface area contributed by atoms with E-state index < -0.39 is 0 Å². The number of benzene rings is 2. The molecule has 0 radical (unpaired) electrons. The van der Waals surface area contributed by atoms with Crippen LogP contribution in [0.25, 0.3) is 0 Å². The highest BCUT2D eigenvalue weighted by Gasteiger charge is 2.12. The molecule has 2 aromatic rings. The Morgan fingerprint density at radius 3 is 2.63 bits per heavy atom. The molecule has 1 heterocycles. The van der Waals surface area contributed by atoms with E-state index in [1.807, 2.05) is 30.3 Å². The van der Waals surface area contributed by atoms with Gasteiger partial charge in [-0.05, 0) is 23.8 Å². The van der Waals surface area contributed by atoms with Gasteiger partial charge < -0.3 is 15.5 Å². The summed E-state index contributed by atoms with van der Waals surface area (Å²) in [6.07, 6.45) is 3.01. The maximum atomic E-state index is 12.0. The van der Waals surface area contributed by atoms with E-state index in [0.717, 1.165) is 37.4 Å². The van der Waals surface area contributed by atoms with Gasteiger partial charge in [-0.15, -0.1) is 0 Å². The van der Waals surface area contributed by atoms with E-state index in [2.05, 4.69) is 51.4 Å². The summed E-state index contributed by atoms with van der Waals surface area (Å²) in [5.74, 6) is 0.584. The molecule has 1 amide bonds.